The largest absolute Gasteiger partial charge is 0.241 e. The summed E-state index contributed by atoms with van der Waals surface area (Å²) in [7, 11) is -2.94. The van der Waals surface area contributed by atoms with Gasteiger partial charge in [-0.2, -0.15) is 0 Å². The van der Waals surface area contributed by atoms with Gasteiger partial charge < -0.3 is 0 Å². The smallest absolute Gasteiger partial charge is 0.141 e. The Bertz CT molecular complexity index is 274. The summed E-state index contributed by atoms with van der Waals surface area (Å²) in [5.41, 5.74) is 0. The van der Waals surface area contributed by atoms with Crippen LogP contribution in [0.15, 0.2) is 21.7 Å². The van der Waals surface area contributed by atoms with Crippen LogP contribution in [-0.4, -0.2) is 4.21 Å². The zero-order chi connectivity index (χ0) is 6.91. The van der Waals surface area contributed by atoms with Crippen LogP contribution in [0.3, 0.4) is 0 Å². The second kappa shape index (κ2) is 2.09. The Morgan fingerprint density at radius 3 is 2.67 bits per heavy atom. The molecule has 1 aromatic rings. The van der Waals surface area contributed by atoms with E-state index in [2.05, 4.69) is 0 Å². The minimum Gasteiger partial charge on any atom is -0.241 e. The van der Waals surface area contributed by atoms with Crippen LogP contribution in [0, 0.1) is 4.78 Å². The topological polar surface area (TPSA) is 66.9 Å². The summed E-state index contributed by atoms with van der Waals surface area (Å²) in [6.07, 6.45) is 0. The highest BCUT2D eigenvalue weighted by molar-refractivity contribution is 7.92. The predicted molar refractivity (Wildman–Crippen MR) is 37.6 cm³/mol. The van der Waals surface area contributed by atoms with Crippen molar-refractivity contribution in [2.75, 3.05) is 0 Å². The molecule has 0 fully saturated rings. The molecule has 0 aliphatic heterocycles. The van der Waals surface area contributed by atoms with Crippen molar-refractivity contribution in [3.63, 3.8) is 0 Å². The highest BCUT2D eigenvalue weighted by atomic mass is 32.2. The zero-order valence-electron chi connectivity index (χ0n) is 4.53. The third-order valence-electron chi connectivity index (χ3n) is 0.794. The normalized spacial score (nSPS) is 17.0. The minimum absolute atomic E-state index is 0.433. The van der Waals surface area contributed by atoms with Gasteiger partial charge in [-0.25, -0.2) is 14.1 Å². The Morgan fingerprint density at radius 1 is 1.78 bits per heavy atom. The molecular weight excluding hydrogens is 156 g/mol. The van der Waals surface area contributed by atoms with E-state index in [1.165, 1.54) is 11.3 Å². The van der Waals surface area contributed by atoms with Gasteiger partial charge in [0.15, 0.2) is 0 Å². The first-order valence-electron chi connectivity index (χ1n) is 2.21. The molecule has 0 saturated heterocycles. The fraction of sp³-hybridized carbons (Fsp3) is 0. The monoisotopic (exact) mass is 162 g/mol. The number of rotatable bonds is 1. The van der Waals surface area contributed by atoms with Gasteiger partial charge in [0.25, 0.3) is 0 Å². The molecule has 0 bridgehead atoms. The summed E-state index contributed by atoms with van der Waals surface area (Å²) in [5, 5.41) is 6.75. The molecule has 1 atom stereocenters. The summed E-state index contributed by atoms with van der Waals surface area (Å²) < 4.78 is 18.0. The summed E-state index contributed by atoms with van der Waals surface area (Å²) in [6, 6.07) is 3.32. The summed E-state index contributed by atoms with van der Waals surface area (Å²) in [6.45, 7) is 0. The standard InChI is InChI=1S/C4H6N2OS2/c5-9(6,7)4-2-1-3-8-4/h1-3H,(H3,5,6,7). The highest BCUT2D eigenvalue weighted by Crippen LogP contribution is 2.13. The molecule has 0 amide bonds. The van der Waals surface area contributed by atoms with Crippen molar-refractivity contribution in [1.29, 1.82) is 4.78 Å². The van der Waals surface area contributed by atoms with Gasteiger partial charge in [-0.05, 0) is 11.4 Å². The molecule has 1 heterocycles. The second-order valence-corrected chi connectivity index (χ2v) is 4.38. The lowest BCUT2D eigenvalue weighted by Crippen LogP contribution is -2.07. The molecule has 0 radical (unpaired) electrons. The van der Waals surface area contributed by atoms with Crippen LogP contribution in [0.4, 0.5) is 0 Å². The van der Waals surface area contributed by atoms with E-state index in [4.69, 9.17) is 9.92 Å². The van der Waals surface area contributed by atoms with E-state index < -0.39 is 9.92 Å². The van der Waals surface area contributed by atoms with E-state index in [0.717, 1.165) is 0 Å². The van der Waals surface area contributed by atoms with E-state index in [1.807, 2.05) is 0 Å². The van der Waals surface area contributed by atoms with Crippen molar-refractivity contribution in [2.45, 2.75) is 4.21 Å². The average molecular weight is 162 g/mol. The molecule has 50 valence electrons. The van der Waals surface area contributed by atoms with E-state index in [1.54, 1.807) is 17.5 Å². The van der Waals surface area contributed by atoms with Crippen LogP contribution in [0.25, 0.3) is 0 Å². The van der Waals surface area contributed by atoms with Crippen molar-refractivity contribution >= 4 is 21.3 Å². The third kappa shape index (κ3) is 1.51. The maximum atomic E-state index is 10.7. The Morgan fingerprint density at radius 2 is 2.44 bits per heavy atom. The highest BCUT2D eigenvalue weighted by Gasteiger charge is 2.01. The Labute approximate surface area is 57.6 Å². The van der Waals surface area contributed by atoms with Crippen LogP contribution in [-0.2, 0) is 9.92 Å². The Balaban J connectivity index is 3.20. The molecule has 0 aromatic carbocycles. The van der Waals surface area contributed by atoms with E-state index in [0.29, 0.717) is 4.21 Å². The molecule has 0 aliphatic carbocycles. The van der Waals surface area contributed by atoms with Gasteiger partial charge in [0.1, 0.15) is 14.1 Å². The quantitative estimate of drug-likeness (QED) is 0.636. The first-order valence-corrected chi connectivity index (χ1v) is 4.71. The van der Waals surface area contributed by atoms with Crippen LogP contribution in [0.1, 0.15) is 0 Å². The second-order valence-electron chi connectivity index (χ2n) is 1.53. The van der Waals surface area contributed by atoms with Crippen LogP contribution in [0.2, 0.25) is 0 Å². The molecule has 1 unspecified atom stereocenters. The van der Waals surface area contributed by atoms with Crippen molar-refractivity contribution < 1.29 is 4.21 Å². The summed E-state index contributed by atoms with van der Waals surface area (Å²) in [4.78, 5) is 0. The first-order chi connectivity index (χ1) is 4.11. The lowest BCUT2D eigenvalue weighted by atomic mass is 10.7. The van der Waals surface area contributed by atoms with Crippen LogP contribution >= 0.6 is 11.3 Å². The Kier molecular flexibility index (Phi) is 1.56. The molecule has 5 heteroatoms. The molecule has 0 spiro atoms. The number of thiophene rings is 1. The lowest BCUT2D eigenvalue weighted by molar-refractivity contribution is 0.677. The number of nitrogens with two attached hydrogens (primary N) is 1. The van der Waals surface area contributed by atoms with E-state index in [-0.39, 0.29) is 0 Å². The van der Waals surface area contributed by atoms with Gasteiger partial charge in [-0.3, -0.25) is 0 Å². The number of hydrogen-bond acceptors (Lipinski definition) is 3. The van der Waals surface area contributed by atoms with Gasteiger partial charge in [0.05, 0.1) is 0 Å². The van der Waals surface area contributed by atoms with Crippen molar-refractivity contribution in [3.05, 3.63) is 17.5 Å². The van der Waals surface area contributed by atoms with Crippen molar-refractivity contribution in [1.82, 2.24) is 0 Å². The molecule has 0 saturated carbocycles. The first kappa shape index (κ1) is 6.73. The molecule has 3 nitrogen and oxygen atoms in total. The minimum atomic E-state index is -2.94. The molecule has 9 heavy (non-hydrogen) atoms. The van der Waals surface area contributed by atoms with Crippen LogP contribution < -0.4 is 5.14 Å². The van der Waals surface area contributed by atoms with Crippen LogP contribution in [0.5, 0.6) is 0 Å². The van der Waals surface area contributed by atoms with Gasteiger partial charge in [0.2, 0.25) is 0 Å². The fourth-order valence-corrected chi connectivity index (χ4v) is 1.90. The van der Waals surface area contributed by atoms with Gasteiger partial charge in [-0.15, -0.1) is 11.3 Å². The summed E-state index contributed by atoms with van der Waals surface area (Å²) >= 11 is 1.24. The molecular formula is C4H6N2OS2. The zero-order valence-corrected chi connectivity index (χ0v) is 6.17. The lowest BCUT2D eigenvalue weighted by Gasteiger charge is -1.91. The molecule has 1 rings (SSSR count). The molecule has 1 aromatic heterocycles. The van der Waals surface area contributed by atoms with Crippen molar-refractivity contribution in [3.8, 4) is 0 Å². The maximum absolute atomic E-state index is 10.7. The fourth-order valence-electron chi connectivity index (χ4n) is 0.436. The number of hydrogen-bond donors (Lipinski definition) is 2. The van der Waals surface area contributed by atoms with E-state index in [9.17, 15) is 4.21 Å². The maximum Gasteiger partial charge on any atom is 0.141 e. The summed E-state index contributed by atoms with van der Waals surface area (Å²) in [5.74, 6) is 0. The Hall–Kier alpha value is -0.390. The SMILES string of the molecule is N=S(N)(=O)c1cccs1. The third-order valence-corrected chi connectivity index (χ3v) is 3.22. The predicted octanol–water partition coefficient (Wildman–Crippen LogP) is 1.03. The number of nitrogens with one attached hydrogen (secondary N) is 1. The average Bonchev–Trinajstić information content (AvgIpc) is 2.08. The van der Waals surface area contributed by atoms with Crippen molar-refractivity contribution in [2.24, 2.45) is 5.14 Å². The molecule has 3 N–H and O–H groups in total. The van der Waals surface area contributed by atoms with Gasteiger partial charge in [0, 0.05) is 0 Å². The van der Waals surface area contributed by atoms with E-state index >= 15 is 0 Å². The van der Waals surface area contributed by atoms with Gasteiger partial charge in [-0.1, -0.05) is 6.07 Å². The van der Waals surface area contributed by atoms with Gasteiger partial charge >= 0.3 is 0 Å². The molecule has 0 aliphatic rings.